The van der Waals surface area contributed by atoms with Crippen molar-refractivity contribution in [1.29, 1.82) is 0 Å². The van der Waals surface area contributed by atoms with Crippen molar-refractivity contribution in [3.63, 3.8) is 0 Å². The van der Waals surface area contributed by atoms with Gasteiger partial charge in [0.15, 0.2) is 6.61 Å². The Kier molecular flexibility index (Phi) is 5.77. The van der Waals surface area contributed by atoms with Crippen molar-refractivity contribution >= 4 is 11.9 Å². The van der Waals surface area contributed by atoms with E-state index in [9.17, 15) is 9.59 Å². The number of rotatable bonds is 6. The molecular weight excluding hydrogens is 286 g/mol. The average Bonchev–Trinajstić information content (AvgIpc) is 2.53. The van der Waals surface area contributed by atoms with Crippen LogP contribution >= 0.6 is 0 Å². The van der Waals surface area contributed by atoms with Gasteiger partial charge in [-0.2, -0.15) is 0 Å². The SMILES string of the molecule is CN(CC1CCCCO1)C(=O)c1cccc(OCC(=O)O)c1. The standard InChI is InChI=1S/C16H21NO5/c1-17(10-14-6-2-3-8-21-14)16(20)12-5-4-7-13(9-12)22-11-15(18)19/h4-5,7,9,14H,2-3,6,8,10-11H2,1H3,(H,18,19). The lowest BCUT2D eigenvalue weighted by molar-refractivity contribution is -0.139. The van der Waals surface area contributed by atoms with Crippen LogP contribution in [0.1, 0.15) is 29.6 Å². The van der Waals surface area contributed by atoms with E-state index in [1.165, 1.54) is 0 Å². The Morgan fingerprint density at radius 1 is 1.41 bits per heavy atom. The zero-order valence-electron chi connectivity index (χ0n) is 12.7. The van der Waals surface area contributed by atoms with Gasteiger partial charge in [-0.1, -0.05) is 6.07 Å². The number of carboxylic acid groups (broad SMARTS) is 1. The number of benzene rings is 1. The van der Waals surface area contributed by atoms with Crippen LogP contribution < -0.4 is 4.74 Å². The van der Waals surface area contributed by atoms with E-state index >= 15 is 0 Å². The maximum absolute atomic E-state index is 12.4. The van der Waals surface area contributed by atoms with Crippen LogP contribution in [-0.2, 0) is 9.53 Å². The van der Waals surface area contributed by atoms with E-state index in [1.54, 1.807) is 36.2 Å². The number of ether oxygens (including phenoxy) is 2. The molecule has 0 bridgehead atoms. The summed E-state index contributed by atoms with van der Waals surface area (Å²) in [6.45, 7) is 0.883. The summed E-state index contributed by atoms with van der Waals surface area (Å²) in [4.78, 5) is 24.5. The highest BCUT2D eigenvalue weighted by Crippen LogP contribution is 2.17. The predicted octanol–water partition coefficient (Wildman–Crippen LogP) is 1.79. The number of carbonyl (C=O) groups is 2. The highest BCUT2D eigenvalue weighted by atomic mass is 16.5. The van der Waals surface area contributed by atoms with Crippen molar-refractivity contribution in [2.75, 3.05) is 26.8 Å². The topological polar surface area (TPSA) is 76.1 Å². The minimum Gasteiger partial charge on any atom is -0.482 e. The van der Waals surface area contributed by atoms with Gasteiger partial charge in [0.2, 0.25) is 0 Å². The Labute approximate surface area is 129 Å². The van der Waals surface area contributed by atoms with Gasteiger partial charge in [-0.05, 0) is 37.5 Å². The van der Waals surface area contributed by atoms with Gasteiger partial charge >= 0.3 is 5.97 Å². The third-order valence-corrected chi connectivity index (χ3v) is 3.54. The van der Waals surface area contributed by atoms with Gasteiger partial charge in [0.1, 0.15) is 5.75 Å². The largest absolute Gasteiger partial charge is 0.482 e. The molecule has 1 unspecified atom stereocenters. The lowest BCUT2D eigenvalue weighted by Gasteiger charge is -2.27. The van der Waals surface area contributed by atoms with E-state index in [2.05, 4.69) is 0 Å². The number of aliphatic carboxylic acids is 1. The van der Waals surface area contributed by atoms with Crippen molar-refractivity contribution in [2.24, 2.45) is 0 Å². The van der Waals surface area contributed by atoms with Crippen LogP contribution in [0.2, 0.25) is 0 Å². The molecule has 22 heavy (non-hydrogen) atoms. The molecule has 0 aromatic heterocycles. The summed E-state index contributed by atoms with van der Waals surface area (Å²) < 4.78 is 10.7. The summed E-state index contributed by atoms with van der Waals surface area (Å²) in [5.41, 5.74) is 0.473. The maximum Gasteiger partial charge on any atom is 0.341 e. The number of hydrogen-bond donors (Lipinski definition) is 1. The van der Waals surface area contributed by atoms with Crippen LogP contribution in [0.5, 0.6) is 5.75 Å². The molecule has 0 radical (unpaired) electrons. The highest BCUT2D eigenvalue weighted by Gasteiger charge is 2.20. The number of nitrogens with zero attached hydrogens (tertiary/aromatic N) is 1. The van der Waals surface area contributed by atoms with E-state index in [-0.39, 0.29) is 12.0 Å². The Morgan fingerprint density at radius 2 is 2.23 bits per heavy atom. The number of carboxylic acids is 1. The van der Waals surface area contributed by atoms with E-state index in [4.69, 9.17) is 14.6 Å². The van der Waals surface area contributed by atoms with Crippen LogP contribution in [0.3, 0.4) is 0 Å². The molecule has 2 rings (SSSR count). The molecule has 1 aliphatic heterocycles. The minimum absolute atomic E-state index is 0.0918. The molecule has 1 saturated heterocycles. The molecule has 1 aromatic carbocycles. The molecule has 1 N–H and O–H groups in total. The molecule has 1 aliphatic rings. The van der Waals surface area contributed by atoms with E-state index < -0.39 is 12.6 Å². The summed E-state index contributed by atoms with van der Waals surface area (Å²) in [7, 11) is 1.74. The molecule has 6 nitrogen and oxygen atoms in total. The molecule has 0 saturated carbocycles. The first-order chi connectivity index (χ1) is 10.6. The number of amides is 1. The van der Waals surface area contributed by atoms with Gasteiger partial charge < -0.3 is 19.5 Å². The van der Waals surface area contributed by atoms with E-state index in [1.807, 2.05) is 0 Å². The number of carbonyl (C=O) groups excluding carboxylic acids is 1. The van der Waals surface area contributed by atoms with E-state index in [0.29, 0.717) is 17.9 Å². The van der Waals surface area contributed by atoms with Crippen molar-refractivity contribution in [1.82, 2.24) is 4.90 Å². The summed E-state index contributed by atoms with van der Waals surface area (Å²) >= 11 is 0. The lowest BCUT2D eigenvalue weighted by atomic mass is 10.1. The zero-order chi connectivity index (χ0) is 15.9. The summed E-state index contributed by atoms with van der Waals surface area (Å²) in [5, 5.41) is 8.61. The van der Waals surface area contributed by atoms with Gasteiger partial charge in [-0.15, -0.1) is 0 Å². The van der Waals surface area contributed by atoms with Gasteiger partial charge in [-0.3, -0.25) is 4.79 Å². The normalized spacial score (nSPS) is 17.8. The Balaban J connectivity index is 1.95. The third-order valence-electron chi connectivity index (χ3n) is 3.54. The molecular formula is C16H21NO5. The van der Waals surface area contributed by atoms with E-state index in [0.717, 1.165) is 25.9 Å². The first-order valence-corrected chi connectivity index (χ1v) is 7.38. The minimum atomic E-state index is -1.05. The van der Waals surface area contributed by atoms with Crippen molar-refractivity contribution < 1.29 is 24.2 Å². The van der Waals surface area contributed by atoms with Crippen LogP contribution in [0.25, 0.3) is 0 Å². The average molecular weight is 307 g/mol. The Morgan fingerprint density at radius 3 is 2.91 bits per heavy atom. The molecule has 1 fully saturated rings. The quantitative estimate of drug-likeness (QED) is 0.867. The number of hydrogen-bond acceptors (Lipinski definition) is 4. The highest BCUT2D eigenvalue weighted by molar-refractivity contribution is 5.94. The predicted molar refractivity (Wildman–Crippen MR) is 80.1 cm³/mol. The van der Waals surface area contributed by atoms with Crippen molar-refractivity contribution in [3.8, 4) is 5.75 Å². The summed E-state index contributed by atoms with van der Waals surface area (Å²) in [5.74, 6) is -0.811. The molecule has 1 amide bonds. The third kappa shape index (κ3) is 4.73. The molecule has 0 aliphatic carbocycles. The lowest BCUT2D eigenvalue weighted by Crippen LogP contribution is -2.37. The van der Waals surface area contributed by atoms with Crippen LogP contribution in [0, 0.1) is 0 Å². The van der Waals surface area contributed by atoms with Gasteiger partial charge in [0, 0.05) is 25.8 Å². The monoisotopic (exact) mass is 307 g/mol. The molecule has 120 valence electrons. The molecule has 1 atom stereocenters. The second kappa shape index (κ2) is 7.79. The molecule has 1 aromatic rings. The smallest absolute Gasteiger partial charge is 0.341 e. The van der Waals surface area contributed by atoms with Crippen LogP contribution in [-0.4, -0.2) is 54.8 Å². The van der Waals surface area contributed by atoms with Crippen LogP contribution in [0.4, 0.5) is 0 Å². The number of likely N-dealkylation sites (N-methyl/N-ethyl adjacent to an activating group) is 1. The van der Waals surface area contributed by atoms with Gasteiger partial charge in [-0.25, -0.2) is 4.79 Å². The van der Waals surface area contributed by atoms with Crippen molar-refractivity contribution in [2.45, 2.75) is 25.4 Å². The van der Waals surface area contributed by atoms with Gasteiger partial charge in [0.05, 0.1) is 6.10 Å². The molecule has 6 heteroatoms. The summed E-state index contributed by atoms with van der Waals surface area (Å²) in [6, 6.07) is 6.55. The van der Waals surface area contributed by atoms with Crippen molar-refractivity contribution in [3.05, 3.63) is 29.8 Å². The fourth-order valence-electron chi connectivity index (χ4n) is 2.42. The Bertz CT molecular complexity index is 525. The Hall–Kier alpha value is -2.08. The maximum atomic E-state index is 12.4. The van der Waals surface area contributed by atoms with Gasteiger partial charge in [0.25, 0.3) is 5.91 Å². The first-order valence-electron chi connectivity index (χ1n) is 7.38. The molecule has 0 spiro atoms. The second-order valence-electron chi connectivity index (χ2n) is 5.38. The zero-order valence-corrected chi connectivity index (χ0v) is 12.7. The molecule has 1 heterocycles. The first kappa shape index (κ1) is 16.3. The fraction of sp³-hybridized carbons (Fsp3) is 0.500. The van der Waals surface area contributed by atoms with Crippen LogP contribution in [0.15, 0.2) is 24.3 Å². The second-order valence-corrected chi connectivity index (χ2v) is 5.38. The fourth-order valence-corrected chi connectivity index (χ4v) is 2.42. The summed E-state index contributed by atoms with van der Waals surface area (Å²) in [6.07, 6.45) is 3.27.